The van der Waals surface area contributed by atoms with Gasteiger partial charge in [-0.1, -0.05) is 18.2 Å². The maximum Gasteiger partial charge on any atom is 0.178 e. The summed E-state index contributed by atoms with van der Waals surface area (Å²) in [5.74, 6) is -0.0736. The summed E-state index contributed by atoms with van der Waals surface area (Å²) >= 11 is 0. The van der Waals surface area contributed by atoms with E-state index < -0.39 is 11.6 Å². The SMILES string of the molecule is CC(C)N1CCOc2c(F)cc(-c3nc(Cc4ccc(C5CCN(C)CC5)c(CO)c4)ncc3F)cc21. The molecule has 0 radical (unpaired) electrons. The minimum atomic E-state index is -0.607. The van der Waals surface area contributed by atoms with Crippen LogP contribution in [-0.2, 0) is 13.0 Å². The summed E-state index contributed by atoms with van der Waals surface area (Å²) in [6.45, 7) is 7.16. The summed E-state index contributed by atoms with van der Waals surface area (Å²) in [7, 11) is 2.13. The Morgan fingerprint density at radius 3 is 2.59 bits per heavy atom. The molecule has 8 heteroatoms. The Bertz CT molecular complexity index is 1280. The Balaban J connectivity index is 1.43. The second kappa shape index (κ2) is 10.7. The van der Waals surface area contributed by atoms with Gasteiger partial charge in [-0.2, -0.15) is 0 Å². The van der Waals surface area contributed by atoms with E-state index in [2.05, 4.69) is 28.0 Å². The van der Waals surface area contributed by atoms with E-state index in [1.807, 2.05) is 30.9 Å². The number of halogens is 2. The zero-order chi connectivity index (χ0) is 26.1. The Labute approximate surface area is 216 Å². The monoisotopic (exact) mass is 508 g/mol. The predicted molar refractivity (Wildman–Crippen MR) is 140 cm³/mol. The van der Waals surface area contributed by atoms with Gasteiger partial charge in [-0.05, 0) is 81.6 Å². The molecule has 1 saturated heterocycles. The van der Waals surface area contributed by atoms with Crippen molar-refractivity contribution in [2.45, 2.75) is 51.7 Å². The lowest BCUT2D eigenvalue weighted by Crippen LogP contribution is -2.38. The highest BCUT2D eigenvalue weighted by molar-refractivity contribution is 5.72. The van der Waals surface area contributed by atoms with Crippen LogP contribution in [0.1, 0.15) is 55.1 Å². The predicted octanol–water partition coefficient (Wildman–Crippen LogP) is 4.92. The van der Waals surface area contributed by atoms with E-state index in [0.29, 0.717) is 42.6 Å². The third-order valence-corrected chi connectivity index (χ3v) is 7.50. The molecular weight excluding hydrogens is 474 g/mol. The van der Waals surface area contributed by atoms with Gasteiger partial charge in [0.1, 0.15) is 18.1 Å². The van der Waals surface area contributed by atoms with Gasteiger partial charge in [-0.3, -0.25) is 0 Å². The van der Waals surface area contributed by atoms with Gasteiger partial charge in [0.05, 0.1) is 25.0 Å². The van der Waals surface area contributed by atoms with E-state index in [1.165, 1.54) is 11.6 Å². The van der Waals surface area contributed by atoms with Crippen LogP contribution in [0.5, 0.6) is 5.75 Å². The normalized spacial score (nSPS) is 16.7. The molecule has 0 atom stereocenters. The van der Waals surface area contributed by atoms with Crippen LogP contribution in [0.2, 0.25) is 0 Å². The molecule has 0 unspecified atom stereocenters. The summed E-state index contributed by atoms with van der Waals surface area (Å²) in [6.07, 6.45) is 3.67. The van der Waals surface area contributed by atoms with Crippen LogP contribution in [0.15, 0.2) is 36.5 Å². The van der Waals surface area contributed by atoms with Crippen LogP contribution in [0.4, 0.5) is 14.5 Å². The van der Waals surface area contributed by atoms with E-state index in [0.717, 1.165) is 43.3 Å². The second-order valence-corrected chi connectivity index (χ2v) is 10.4. The van der Waals surface area contributed by atoms with E-state index in [-0.39, 0.29) is 24.1 Å². The Kier molecular flexibility index (Phi) is 7.40. The molecule has 0 saturated carbocycles. The largest absolute Gasteiger partial charge is 0.486 e. The van der Waals surface area contributed by atoms with Crippen LogP contribution < -0.4 is 9.64 Å². The average molecular weight is 509 g/mol. The highest BCUT2D eigenvalue weighted by atomic mass is 19.1. The third-order valence-electron chi connectivity index (χ3n) is 7.50. The zero-order valence-corrected chi connectivity index (χ0v) is 21.7. The molecule has 0 amide bonds. The molecule has 1 aromatic heterocycles. The Hall–Kier alpha value is -3.10. The number of hydrogen-bond donors (Lipinski definition) is 1. The van der Waals surface area contributed by atoms with Crippen LogP contribution in [0.25, 0.3) is 11.3 Å². The van der Waals surface area contributed by atoms with Crippen molar-refractivity contribution >= 4 is 5.69 Å². The summed E-state index contributed by atoms with van der Waals surface area (Å²) in [6, 6.07) is 9.29. The average Bonchev–Trinajstić information content (AvgIpc) is 2.90. The standard InChI is InChI=1S/C29H34F2N4O2/c1-18(2)35-10-11-37-29-24(30)14-21(15-26(29)35)28-25(31)16-32-27(33-28)13-19-4-5-23(22(12-19)17-36)20-6-8-34(3)9-7-20/h4-5,12,14-16,18,20,36H,6-11,13,17H2,1-3H3. The molecule has 0 aliphatic carbocycles. The lowest BCUT2D eigenvalue weighted by atomic mass is 9.86. The number of aromatic nitrogens is 2. The quantitative estimate of drug-likeness (QED) is 0.510. The van der Waals surface area contributed by atoms with Crippen LogP contribution in [0, 0.1) is 11.6 Å². The molecule has 2 aliphatic rings. The molecule has 3 aromatic rings. The van der Waals surface area contributed by atoms with Crippen molar-refractivity contribution in [2.75, 3.05) is 38.2 Å². The van der Waals surface area contributed by atoms with E-state index >= 15 is 0 Å². The first-order valence-corrected chi connectivity index (χ1v) is 13.0. The summed E-state index contributed by atoms with van der Waals surface area (Å²) in [4.78, 5) is 13.1. The first-order valence-electron chi connectivity index (χ1n) is 13.0. The number of fused-ring (bicyclic) bond motifs is 1. The van der Waals surface area contributed by atoms with Gasteiger partial charge in [0, 0.05) is 18.0 Å². The van der Waals surface area contributed by atoms with Crippen molar-refractivity contribution in [1.82, 2.24) is 14.9 Å². The summed E-state index contributed by atoms with van der Waals surface area (Å²) in [5.41, 5.74) is 4.07. The number of nitrogens with zero attached hydrogens (tertiary/aromatic N) is 4. The molecule has 2 aromatic carbocycles. The maximum absolute atomic E-state index is 15.0. The fraction of sp³-hybridized carbons (Fsp3) is 0.448. The topological polar surface area (TPSA) is 61.7 Å². The highest BCUT2D eigenvalue weighted by Crippen LogP contribution is 2.39. The number of aliphatic hydroxyl groups is 1. The number of aliphatic hydroxyl groups excluding tert-OH is 1. The minimum absolute atomic E-state index is 0.0339. The van der Waals surface area contributed by atoms with Crippen LogP contribution in [0.3, 0.4) is 0 Å². The van der Waals surface area contributed by atoms with Gasteiger partial charge in [0.2, 0.25) is 0 Å². The molecular formula is C29H34F2N4O2. The van der Waals surface area contributed by atoms with E-state index in [4.69, 9.17) is 4.74 Å². The zero-order valence-electron chi connectivity index (χ0n) is 21.7. The minimum Gasteiger partial charge on any atom is -0.486 e. The maximum atomic E-state index is 15.0. The lowest BCUT2D eigenvalue weighted by Gasteiger charge is -2.34. The van der Waals surface area contributed by atoms with E-state index in [9.17, 15) is 13.9 Å². The molecule has 0 spiro atoms. The van der Waals surface area contributed by atoms with Crippen LogP contribution >= 0.6 is 0 Å². The van der Waals surface area contributed by atoms with Gasteiger partial charge in [0.15, 0.2) is 17.4 Å². The number of rotatable bonds is 6. The number of hydrogen-bond acceptors (Lipinski definition) is 6. The molecule has 1 fully saturated rings. The molecule has 5 rings (SSSR count). The Morgan fingerprint density at radius 2 is 1.86 bits per heavy atom. The second-order valence-electron chi connectivity index (χ2n) is 10.4. The molecule has 6 nitrogen and oxygen atoms in total. The lowest BCUT2D eigenvalue weighted by molar-refractivity contribution is 0.249. The van der Waals surface area contributed by atoms with Crippen molar-refractivity contribution in [3.63, 3.8) is 0 Å². The van der Waals surface area contributed by atoms with Crippen molar-refractivity contribution < 1.29 is 18.6 Å². The Morgan fingerprint density at radius 1 is 1.08 bits per heavy atom. The molecule has 3 heterocycles. The molecule has 0 bridgehead atoms. The van der Waals surface area contributed by atoms with E-state index in [1.54, 1.807) is 6.07 Å². The number of ether oxygens (including phenoxy) is 1. The fourth-order valence-corrected chi connectivity index (χ4v) is 5.47. The van der Waals surface area contributed by atoms with Gasteiger partial charge in [-0.25, -0.2) is 18.7 Å². The number of anilines is 1. The first kappa shape index (κ1) is 25.5. The fourth-order valence-electron chi connectivity index (χ4n) is 5.47. The van der Waals surface area contributed by atoms with Gasteiger partial charge >= 0.3 is 0 Å². The summed E-state index contributed by atoms with van der Waals surface area (Å²) < 4.78 is 35.4. The van der Waals surface area contributed by atoms with Crippen molar-refractivity contribution in [2.24, 2.45) is 0 Å². The van der Waals surface area contributed by atoms with Gasteiger partial charge < -0.3 is 19.6 Å². The smallest absolute Gasteiger partial charge is 0.178 e. The van der Waals surface area contributed by atoms with Gasteiger partial charge in [-0.15, -0.1) is 0 Å². The molecule has 1 N–H and O–H groups in total. The number of piperidine rings is 1. The third kappa shape index (κ3) is 5.31. The van der Waals surface area contributed by atoms with Crippen molar-refractivity contribution in [3.8, 4) is 17.0 Å². The van der Waals surface area contributed by atoms with Crippen molar-refractivity contribution in [3.05, 3.63) is 70.7 Å². The molecule has 196 valence electrons. The number of likely N-dealkylation sites (tertiary alicyclic amines) is 1. The van der Waals surface area contributed by atoms with Gasteiger partial charge in [0.25, 0.3) is 0 Å². The first-order chi connectivity index (χ1) is 17.8. The van der Waals surface area contributed by atoms with Crippen molar-refractivity contribution in [1.29, 1.82) is 0 Å². The van der Waals surface area contributed by atoms with Crippen LogP contribution in [-0.4, -0.2) is 59.3 Å². The summed E-state index contributed by atoms with van der Waals surface area (Å²) in [5, 5.41) is 10.1. The number of benzene rings is 2. The molecule has 37 heavy (non-hydrogen) atoms. The highest BCUT2D eigenvalue weighted by Gasteiger charge is 2.26. The molecule has 2 aliphatic heterocycles.